The van der Waals surface area contributed by atoms with Gasteiger partial charge in [-0.05, 0) is 71.4 Å². The summed E-state index contributed by atoms with van der Waals surface area (Å²) in [7, 11) is 0. The van der Waals surface area contributed by atoms with Gasteiger partial charge in [0.2, 0.25) is 0 Å². The number of rotatable bonds is 3. The molecule has 208 valence electrons. The van der Waals surface area contributed by atoms with Gasteiger partial charge in [-0.15, -0.1) is 34.0 Å². The average molecular weight is 617 g/mol. The van der Waals surface area contributed by atoms with E-state index in [1.165, 1.54) is 88.8 Å². The van der Waals surface area contributed by atoms with Gasteiger partial charge in [0.05, 0.1) is 17.1 Å². The van der Waals surface area contributed by atoms with Crippen molar-refractivity contribution in [3.63, 3.8) is 0 Å². The molecule has 0 unspecified atom stereocenters. The van der Waals surface area contributed by atoms with Crippen LogP contribution in [0.5, 0.6) is 0 Å². The molecule has 1 aliphatic rings. The van der Waals surface area contributed by atoms with Gasteiger partial charge >= 0.3 is 0 Å². The van der Waals surface area contributed by atoms with Crippen LogP contribution in [0.1, 0.15) is 4.88 Å². The molecule has 1 aliphatic heterocycles. The number of benzene rings is 6. The summed E-state index contributed by atoms with van der Waals surface area (Å²) in [5, 5.41) is 13.0. The first-order valence-corrected chi connectivity index (χ1v) is 17.2. The summed E-state index contributed by atoms with van der Waals surface area (Å²) in [5.74, 6) is 0. The van der Waals surface area contributed by atoms with Gasteiger partial charge in [-0.1, -0.05) is 66.7 Å². The zero-order chi connectivity index (χ0) is 28.8. The van der Waals surface area contributed by atoms with Crippen molar-refractivity contribution in [2.75, 3.05) is 16.8 Å². The van der Waals surface area contributed by atoms with Crippen LogP contribution in [-0.2, 0) is 0 Å². The topological polar surface area (TPSA) is 15.3 Å². The normalized spacial score (nSPS) is 13.2. The first-order valence-electron chi connectivity index (χ1n) is 14.8. The minimum atomic E-state index is 0.749. The molecule has 1 N–H and O–H groups in total. The minimum Gasteiger partial charge on any atom is -0.378 e. The standard InChI is InChI=1S/C39H24N2S3/c1-2-8-24-18-36-32(17-23(24)7-1)39-38(44-36)21-27(22-40-39)41(25-14-16-35-31(19-25)29-10-4-6-12-34(29)42-35)26-13-15-30-28-9-3-5-11-33(28)43-37(30)20-26/h1-21,40H,22H2. The zero-order valence-electron chi connectivity index (χ0n) is 23.5. The Morgan fingerprint density at radius 3 is 1.93 bits per heavy atom. The average Bonchev–Trinajstić information content (AvgIpc) is 3.74. The molecule has 4 heterocycles. The Morgan fingerprint density at radius 1 is 0.477 bits per heavy atom. The molecule has 6 aromatic carbocycles. The van der Waals surface area contributed by atoms with E-state index in [1.807, 2.05) is 34.0 Å². The molecular formula is C39H24N2S3. The maximum absolute atomic E-state index is 3.85. The van der Waals surface area contributed by atoms with E-state index in [-0.39, 0.29) is 0 Å². The van der Waals surface area contributed by atoms with Crippen LogP contribution in [0.4, 0.5) is 17.1 Å². The number of thiophene rings is 3. The fourth-order valence-corrected chi connectivity index (χ4v) is 10.2. The third-order valence-corrected chi connectivity index (χ3v) is 12.2. The molecule has 3 aromatic heterocycles. The summed E-state index contributed by atoms with van der Waals surface area (Å²) in [6.07, 6.45) is 2.41. The van der Waals surface area contributed by atoms with E-state index in [0.717, 1.165) is 6.54 Å². The molecule has 10 rings (SSSR count). The van der Waals surface area contributed by atoms with Crippen LogP contribution in [0.2, 0.25) is 0 Å². The highest BCUT2D eigenvalue weighted by atomic mass is 32.1. The van der Waals surface area contributed by atoms with Gasteiger partial charge in [0.15, 0.2) is 0 Å². The fraction of sp³-hybridized carbons (Fsp3) is 0.0256. The van der Waals surface area contributed by atoms with E-state index in [2.05, 4.69) is 138 Å². The van der Waals surface area contributed by atoms with Gasteiger partial charge in [0.1, 0.15) is 0 Å². The molecule has 0 spiro atoms. The van der Waals surface area contributed by atoms with Crippen molar-refractivity contribution in [3.05, 3.63) is 132 Å². The summed E-state index contributed by atoms with van der Waals surface area (Å²) >= 11 is 5.62. The number of nitrogens with zero attached hydrogens (tertiary/aromatic N) is 1. The fourth-order valence-electron chi connectivity index (χ4n) is 6.80. The Hall–Kier alpha value is -4.68. The summed E-state index contributed by atoms with van der Waals surface area (Å²) in [6.45, 7) is 0.749. The highest BCUT2D eigenvalue weighted by Gasteiger charge is 2.23. The van der Waals surface area contributed by atoms with Gasteiger partial charge < -0.3 is 10.2 Å². The summed E-state index contributed by atoms with van der Waals surface area (Å²) in [5.41, 5.74) is 4.86. The Balaban J connectivity index is 1.19. The predicted octanol–water partition coefficient (Wildman–Crippen LogP) is 12.4. The van der Waals surface area contributed by atoms with Crippen molar-refractivity contribution < 1.29 is 0 Å². The lowest BCUT2D eigenvalue weighted by Gasteiger charge is -2.30. The van der Waals surface area contributed by atoms with Gasteiger partial charge in [-0.2, -0.15) is 0 Å². The Labute approximate surface area is 265 Å². The maximum atomic E-state index is 3.85. The molecule has 44 heavy (non-hydrogen) atoms. The lowest BCUT2D eigenvalue weighted by molar-refractivity contribution is 1.09. The Kier molecular flexibility index (Phi) is 5.29. The molecule has 0 amide bonds. The largest absolute Gasteiger partial charge is 0.378 e. The molecule has 0 saturated heterocycles. The first-order chi connectivity index (χ1) is 21.8. The van der Waals surface area contributed by atoms with Crippen molar-refractivity contribution in [1.29, 1.82) is 0 Å². The first kappa shape index (κ1) is 24.7. The van der Waals surface area contributed by atoms with Gasteiger partial charge in [0, 0.05) is 67.5 Å². The van der Waals surface area contributed by atoms with E-state index in [0.29, 0.717) is 0 Å². The van der Waals surface area contributed by atoms with E-state index < -0.39 is 0 Å². The third kappa shape index (κ3) is 3.70. The second-order valence-corrected chi connectivity index (χ2v) is 14.7. The molecular weight excluding hydrogens is 593 g/mol. The van der Waals surface area contributed by atoms with Crippen molar-refractivity contribution >= 4 is 118 Å². The predicted molar refractivity (Wildman–Crippen MR) is 197 cm³/mol. The number of nitrogens with one attached hydrogen (secondary N) is 1. The van der Waals surface area contributed by atoms with E-state index in [4.69, 9.17) is 0 Å². The van der Waals surface area contributed by atoms with Crippen LogP contribution in [0, 0.1) is 0 Å². The Morgan fingerprint density at radius 2 is 1.09 bits per heavy atom. The van der Waals surface area contributed by atoms with Crippen LogP contribution in [0.15, 0.2) is 127 Å². The van der Waals surface area contributed by atoms with Gasteiger partial charge in [-0.3, -0.25) is 0 Å². The minimum absolute atomic E-state index is 0.749. The molecule has 0 fully saturated rings. The number of fused-ring (bicyclic) bond motifs is 10. The number of hydrogen-bond donors (Lipinski definition) is 1. The van der Waals surface area contributed by atoms with Crippen LogP contribution >= 0.6 is 34.0 Å². The highest BCUT2D eigenvalue weighted by molar-refractivity contribution is 7.26. The molecule has 9 aromatic rings. The van der Waals surface area contributed by atoms with Crippen molar-refractivity contribution in [2.45, 2.75) is 0 Å². The molecule has 0 radical (unpaired) electrons. The Bertz CT molecular complexity index is 2630. The van der Waals surface area contributed by atoms with E-state index in [1.54, 1.807) is 0 Å². The molecule has 0 aliphatic carbocycles. The number of anilines is 3. The van der Waals surface area contributed by atoms with Crippen molar-refractivity contribution in [3.8, 4) is 0 Å². The van der Waals surface area contributed by atoms with Gasteiger partial charge in [0.25, 0.3) is 0 Å². The lowest BCUT2D eigenvalue weighted by Crippen LogP contribution is -2.24. The quantitative estimate of drug-likeness (QED) is 0.212. The monoisotopic (exact) mass is 616 g/mol. The molecule has 0 saturated carbocycles. The van der Waals surface area contributed by atoms with Crippen LogP contribution < -0.4 is 10.2 Å². The summed E-state index contributed by atoms with van der Waals surface area (Å²) in [6, 6.07) is 44.8. The maximum Gasteiger partial charge on any atom is 0.0607 e. The van der Waals surface area contributed by atoms with E-state index >= 15 is 0 Å². The highest BCUT2D eigenvalue weighted by Crippen LogP contribution is 2.45. The van der Waals surface area contributed by atoms with Crippen molar-refractivity contribution in [1.82, 2.24) is 0 Å². The molecule has 0 atom stereocenters. The van der Waals surface area contributed by atoms with Crippen LogP contribution in [0.25, 0.3) is 67.3 Å². The summed E-state index contributed by atoms with van der Waals surface area (Å²) < 4.78 is 6.62. The van der Waals surface area contributed by atoms with Gasteiger partial charge in [-0.25, -0.2) is 0 Å². The van der Waals surface area contributed by atoms with Crippen LogP contribution in [-0.4, -0.2) is 6.54 Å². The third-order valence-electron chi connectivity index (χ3n) is 8.85. The zero-order valence-corrected chi connectivity index (χ0v) is 26.0. The number of hydrogen-bond acceptors (Lipinski definition) is 5. The lowest BCUT2D eigenvalue weighted by atomic mass is 10.1. The molecule has 5 heteroatoms. The van der Waals surface area contributed by atoms with Crippen molar-refractivity contribution in [2.24, 2.45) is 0 Å². The second-order valence-electron chi connectivity index (χ2n) is 11.4. The van der Waals surface area contributed by atoms with Crippen LogP contribution in [0.3, 0.4) is 0 Å². The SMILES string of the molecule is C1=C(N(c2ccc3c(c2)sc2ccccc23)c2ccc3sc4ccccc4c3c2)CNc2c1sc1cc3ccccc3cc21. The second kappa shape index (κ2) is 9.41. The molecule has 2 nitrogen and oxygen atoms in total. The summed E-state index contributed by atoms with van der Waals surface area (Å²) in [4.78, 5) is 3.75. The molecule has 0 bridgehead atoms. The smallest absolute Gasteiger partial charge is 0.0607 e. The van der Waals surface area contributed by atoms with E-state index in [9.17, 15) is 0 Å².